The Balaban J connectivity index is 0.000000271. The molecule has 0 bridgehead atoms. The van der Waals surface area contributed by atoms with Gasteiger partial charge < -0.3 is 88.2 Å². The van der Waals surface area contributed by atoms with Crippen LogP contribution in [0, 0.1) is 23.7 Å². The normalized spacial score (nSPS) is 21.4. The van der Waals surface area contributed by atoms with E-state index in [1.165, 1.54) is 6.26 Å². The molecule has 8 rings (SSSR count). The number of aromatic nitrogens is 2. The number of carbonyl (C=O) groups excluding carboxylic acids is 4. The van der Waals surface area contributed by atoms with Gasteiger partial charge in [0.1, 0.15) is 73.4 Å². The summed E-state index contributed by atoms with van der Waals surface area (Å²) in [5.41, 5.74) is 5.16. The van der Waals surface area contributed by atoms with Crippen molar-refractivity contribution >= 4 is 51.3 Å². The molecule has 0 aliphatic carbocycles. The van der Waals surface area contributed by atoms with E-state index in [4.69, 9.17) is 28.4 Å². The molecule has 22 heteroatoms. The first kappa shape index (κ1) is 76.1. The van der Waals surface area contributed by atoms with Crippen molar-refractivity contribution in [1.29, 1.82) is 0 Å². The summed E-state index contributed by atoms with van der Waals surface area (Å²) in [6, 6.07) is 25.3. The van der Waals surface area contributed by atoms with Crippen molar-refractivity contribution in [3.8, 4) is 11.5 Å². The van der Waals surface area contributed by atoms with E-state index in [1.54, 1.807) is 81.2 Å². The zero-order valence-corrected chi connectivity index (χ0v) is 57.0. The molecule has 2 unspecified atom stereocenters. The molecule has 0 saturated carbocycles. The molecule has 2 aromatic heterocycles. The average Bonchev–Trinajstić information content (AvgIpc) is 1.62. The number of ether oxygens (including phenoxy) is 6. The molecule has 2 aliphatic heterocycles. The van der Waals surface area contributed by atoms with Gasteiger partial charge in [0.2, 0.25) is 18.1 Å². The van der Waals surface area contributed by atoms with Crippen LogP contribution in [-0.4, -0.2) is 205 Å². The number of rotatable bonds is 32. The molecule has 4 aromatic carbocycles. The fraction of sp³-hybridized carbons (Fsp3) is 0.514. The quantitative estimate of drug-likeness (QED) is 0.0152. The molecule has 10 atom stereocenters. The highest BCUT2D eigenvalue weighted by molar-refractivity contribution is 6.17. The number of fused-ring (bicyclic) bond motifs is 2. The van der Waals surface area contributed by atoms with Crippen LogP contribution in [-0.2, 0) is 48.0 Å². The second-order valence-corrected chi connectivity index (χ2v) is 26.4. The van der Waals surface area contributed by atoms with Gasteiger partial charge in [0, 0.05) is 83.7 Å². The van der Waals surface area contributed by atoms with E-state index in [2.05, 4.69) is 55.4 Å². The van der Waals surface area contributed by atoms with Gasteiger partial charge in [-0.15, -0.1) is 0 Å². The van der Waals surface area contributed by atoms with Gasteiger partial charge in [-0.25, -0.2) is 0 Å². The summed E-state index contributed by atoms with van der Waals surface area (Å²) in [4.78, 5) is 58.7. The second-order valence-electron chi connectivity index (χ2n) is 26.4. The van der Waals surface area contributed by atoms with Crippen LogP contribution in [0.3, 0.4) is 0 Å². The summed E-state index contributed by atoms with van der Waals surface area (Å²) >= 11 is 0. The number of methoxy groups -OCH3 is 2. The molecular formula is C74H100N4O18. The van der Waals surface area contributed by atoms with Crippen LogP contribution in [0.5, 0.6) is 11.5 Å². The largest absolute Gasteiger partial charge is 0.497 e. The number of aliphatic hydroxyl groups excluding tert-OH is 8. The maximum atomic E-state index is 13.8. The lowest BCUT2D eigenvalue weighted by atomic mass is 9.99. The number of amides is 2. The van der Waals surface area contributed by atoms with E-state index in [1.807, 2.05) is 67.5 Å². The zero-order chi connectivity index (χ0) is 69.9. The standard InChI is InChI=1S/2C37H50N2O9/c2*1-23(2)14-16-38(17-15-24(3)4)32(41)21-39-20-29(28-13-12-27(46-5)19-30(28)39)33(42)26-10-8-25(9-11-26)7-6-18-47-37-36(45)35(44)34(43)31(22-40)48-37/h6,8-13,18-20,23-24,31,34-37,40,43-45H,7,14-17,21-22H2,1-5H3;6-13,19-20,23-24,31,34-37,40,43-45H,14-18,21-22H2,1-5H3/b18-6+;7-6+/t2*31-,34+,35+,36-,37?/m11/s1. The Bertz CT molecular complexity index is 3490. The van der Waals surface area contributed by atoms with Crippen LogP contribution in [0.1, 0.15) is 124 Å². The van der Waals surface area contributed by atoms with E-state index >= 15 is 0 Å². The number of carbonyl (C=O) groups is 4. The van der Waals surface area contributed by atoms with Crippen LogP contribution in [0.25, 0.3) is 27.9 Å². The number of hydrogen-bond donors (Lipinski definition) is 8. The number of ketones is 2. The lowest BCUT2D eigenvalue weighted by Crippen LogP contribution is -2.59. The highest BCUT2D eigenvalue weighted by Crippen LogP contribution is 2.31. The third-order valence-corrected chi connectivity index (χ3v) is 17.3. The van der Waals surface area contributed by atoms with E-state index in [-0.39, 0.29) is 43.1 Å². The number of nitrogens with zero attached hydrogens (tertiary/aromatic N) is 4. The van der Waals surface area contributed by atoms with Crippen LogP contribution < -0.4 is 9.47 Å². The van der Waals surface area contributed by atoms with E-state index in [0.717, 1.165) is 58.6 Å². The minimum Gasteiger partial charge on any atom is -0.497 e. The Morgan fingerprint density at radius 2 is 0.927 bits per heavy atom. The number of benzene rings is 4. The van der Waals surface area contributed by atoms with Gasteiger partial charge in [-0.2, -0.15) is 0 Å². The summed E-state index contributed by atoms with van der Waals surface area (Å²) in [5.74, 6) is 2.88. The molecule has 0 radical (unpaired) electrons. The van der Waals surface area contributed by atoms with Crippen LogP contribution in [0.15, 0.2) is 116 Å². The van der Waals surface area contributed by atoms with Crippen molar-refractivity contribution in [2.45, 2.75) is 162 Å². The highest BCUT2D eigenvalue weighted by Gasteiger charge is 2.45. The van der Waals surface area contributed by atoms with Gasteiger partial charge in [0.15, 0.2) is 17.9 Å². The predicted molar refractivity (Wildman–Crippen MR) is 364 cm³/mol. The summed E-state index contributed by atoms with van der Waals surface area (Å²) < 4.78 is 36.2. The molecule has 0 spiro atoms. The minimum absolute atomic E-state index is 0.0154. The lowest BCUT2D eigenvalue weighted by molar-refractivity contribution is -0.298. The van der Waals surface area contributed by atoms with Gasteiger partial charge in [0.05, 0.1) is 51.3 Å². The van der Waals surface area contributed by atoms with Crippen molar-refractivity contribution in [1.82, 2.24) is 18.9 Å². The highest BCUT2D eigenvalue weighted by atomic mass is 16.7. The third kappa shape index (κ3) is 20.4. The zero-order valence-electron chi connectivity index (χ0n) is 57.0. The Labute approximate surface area is 562 Å². The van der Waals surface area contributed by atoms with Crippen molar-refractivity contribution in [2.24, 2.45) is 23.7 Å². The molecule has 4 heterocycles. The first-order valence-electron chi connectivity index (χ1n) is 33.2. The van der Waals surface area contributed by atoms with Gasteiger partial charge in [-0.3, -0.25) is 19.2 Å². The molecule has 2 saturated heterocycles. The Morgan fingerprint density at radius 1 is 0.521 bits per heavy atom. The monoisotopic (exact) mass is 1330 g/mol. The maximum Gasteiger partial charge on any atom is 0.242 e. The van der Waals surface area contributed by atoms with Crippen LogP contribution in [0.4, 0.5) is 0 Å². The van der Waals surface area contributed by atoms with E-state index in [0.29, 0.717) is 90.0 Å². The maximum absolute atomic E-state index is 13.8. The second kappa shape index (κ2) is 36.3. The molecule has 22 nitrogen and oxygen atoms in total. The van der Waals surface area contributed by atoms with Crippen molar-refractivity contribution in [2.75, 3.05) is 60.2 Å². The van der Waals surface area contributed by atoms with Gasteiger partial charge in [-0.05, 0) is 97.2 Å². The van der Waals surface area contributed by atoms with Gasteiger partial charge >= 0.3 is 0 Å². The molecule has 2 amide bonds. The summed E-state index contributed by atoms with van der Waals surface area (Å²) in [7, 11) is 3.17. The van der Waals surface area contributed by atoms with Gasteiger partial charge in [0.25, 0.3) is 0 Å². The number of hydrogen-bond acceptors (Lipinski definition) is 18. The van der Waals surface area contributed by atoms with Crippen molar-refractivity contribution in [3.63, 3.8) is 0 Å². The Hall–Kier alpha value is -7.32. The number of allylic oxidation sites excluding steroid dienone is 1. The molecule has 2 aliphatic rings. The molecule has 2 fully saturated rings. The van der Waals surface area contributed by atoms with Crippen LogP contribution in [0.2, 0.25) is 0 Å². The fourth-order valence-electron chi connectivity index (χ4n) is 11.2. The summed E-state index contributed by atoms with van der Waals surface area (Å²) in [6.07, 6.45) is 0.648. The predicted octanol–water partition coefficient (Wildman–Crippen LogP) is 7.31. The number of aliphatic hydroxyl groups is 8. The average molecular weight is 1330 g/mol. The Kier molecular flexibility index (Phi) is 28.8. The summed E-state index contributed by atoms with van der Waals surface area (Å²) in [5, 5.41) is 80.1. The van der Waals surface area contributed by atoms with E-state index in [9.17, 15) is 60.0 Å². The molecule has 96 heavy (non-hydrogen) atoms. The summed E-state index contributed by atoms with van der Waals surface area (Å²) in [6.45, 7) is 19.2. The topological polar surface area (TPSA) is 302 Å². The fourth-order valence-corrected chi connectivity index (χ4v) is 11.2. The first-order chi connectivity index (χ1) is 45.9. The van der Waals surface area contributed by atoms with Gasteiger partial charge in [-0.1, -0.05) is 116 Å². The van der Waals surface area contributed by atoms with E-state index < -0.39 is 74.6 Å². The molecule has 524 valence electrons. The van der Waals surface area contributed by atoms with Crippen molar-refractivity contribution < 1.29 is 88.5 Å². The molecule has 6 aromatic rings. The molecular weight excluding hydrogens is 1230 g/mol. The molecule has 8 N–H and O–H groups in total. The van der Waals surface area contributed by atoms with Crippen LogP contribution >= 0.6 is 0 Å². The SMILES string of the molecule is COc1ccc2c(C(=O)c3ccc(/C=C/COC4O[C@H](CO)[C@H](O)[C@H](O)[C@H]4O)cc3)cn(CC(=O)N(CCC(C)C)CCC(C)C)c2c1.COc1ccc2c(C(=O)c3ccc(C/C=C/OC4O[C@H](CO)[C@H](O)[C@H](O)[C@H]4O)cc3)cn(CC(=O)N(CCC(C)C)CCC(C)C)c2c1. The lowest BCUT2D eigenvalue weighted by Gasteiger charge is -2.39. The smallest absolute Gasteiger partial charge is 0.242 e. The first-order valence-corrected chi connectivity index (χ1v) is 33.2. The Morgan fingerprint density at radius 3 is 1.33 bits per heavy atom. The van der Waals surface area contributed by atoms with Crippen molar-refractivity contribution in [3.05, 3.63) is 149 Å². The minimum atomic E-state index is -1.52. The third-order valence-electron chi connectivity index (χ3n) is 17.3.